The molecule has 0 saturated carbocycles. The van der Waals surface area contributed by atoms with Crippen LogP contribution in [0.5, 0.6) is 0 Å². The van der Waals surface area contributed by atoms with Gasteiger partial charge in [-0.05, 0) is 50.1 Å². The van der Waals surface area contributed by atoms with E-state index < -0.39 is 5.97 Å². The number of hydrogen-bond acceptors (Lipinski definition) is 5. The molecule has 0 spiro atoms. The van der Waals surface area contributed by atoms with Gasteiger partial charge in [-0.3, -0.25) is 9.48 Å². The molecule has 4 aromatic rings. The van der Waals surface area contributed by atoms with Crippen LogP contribution in [0.15, 0.2) is 42.5 Å². The van der Waals surface area contributed by atoms with Crippen molar-refractivity contribution in [3.8, 4) is 11.4 Å². The predicted molar refractivity (Wildman–Crippen MR) is 123 cm³/mol. The van der Waals surface area contributed by atoms with E-state index in [-0.39, 0.29) is 0 Å². The molecule has 1 aliphatic heterocycles. The molecule has 5 rings (SSSR count). The number of rotatable bonds is 3. The van der Waals surface area contributed by atoms with Gasteiger partial charge in [0.2, 0.25) is 0 Å². The van der Waals surface area contributed by atoms with Crippen LogP contribution in [-0.4, -0.2) is 42.2 Å². The number of aromatic nitrogens is 5. The second kappa shape index (κ2) is 9.32. The Bertz CT molecular complexity index is 1220. The van der Waals surface area contributed by atoms with E-state index in [1.807, 2.05) is 10.7 Å². The molecule has 0 unspecified atom stereocenters. The summed E-state index contributed by atoms with van der Waals surface area (Å²) in [4.78, 5) is 14.0. The Morgan fingerprint density at radius 2 is 1.88 bits per heavy atom. The van der Waals surface area contributed by atoms with Gasteiger partial charge in [0, 0.05) is 25.4 Å². The zero-order chi connectivity index (χ0) is 22.7. The predicted octanol–water partition coefficient (Wildman–Crippen LogP) is 3.54. The quantitative estimate of drug-likeness (QED) is 0.514. The fraction of sp³-hybridized carbons (Fsp3) is 0.333. The fourth-order valence-corrected chi connectivity index (χ4v) is 4.05. The molecule has 8 heteroatoms. The van der Waals surface area contributed by atoms with E-state index in [1.54, 1.807) is 0 Å². The maximum Gasteiger partial charge on any atom is 0.300 e. The molecule has 2 N–H and O–H groups in total. The van der Waals surface area contributed by atoms with Gasteiger partial charge < -0.3 is 10.4 Å². The summed E-state index contributed by atoms with van der Waals surface area (Å²) in [5, 5.41) is 21.6. The zero-order valence-corrected chi connectivity index (χ0v) is 18.7. The molecule has 0 amide bonds. The summed E-state index contributed by atoms with van der Waals surface area (Å²) in [5.74, 6) is -0.833. The van der Waals surface area contributed by atoms with Crippen molar-refractivity contribution in [1.82, 2.24) is 29.9 Å². The lowest BCUT2D eigenvalue weighted by Gasteiger charge is -2.06. The van der Waals surface area contributed by atoms with Crippen molar-refractivity contribution in [2.45, 2.75) is 46.8 Å². The third-order valence-electron chi connectivity index (χ3n) is 5.41. The number of hydrogen-bond donors (Lipinski definition) is 2. The van der Waals surface area contributed by atoms with E-state index in [0.717, 1.165) is 61.1 Å². The minimum Gasteiger partial charge on any atom is -0.481 e. The maximum absolute atomic E-state index is 9.00. The number of benzene rings is 1. The van der Waals surface area contributed by atoms with Crippen molar-refractivity contribution >= 4 is 17.0 Å². The molecule has 3 aromatic heterocycles. The van der Waals surface area contributed by atoms with E-state index in [1.165, 1.54) is 16.8 Å². The van der Waals surface area contributed by atoms with E-state index in [9.17, 15) is 0 Å². The van der Waals surface area contributed by atoms with Crippen LogP contribution in [-0.2, 0) is 24.4 Å². The SMILES string of the molecule is CC(=O)O.Cc1cc(-c2cc3n(n2)CCCNC3)nc2c1c(C)nn2Cc1ccccc1. The number of carbonyl (C=O) groups is 1. The Morgan fingerprint density at radius 1 is 1.12 bits per heavy atom. The molecule has 0 atom stereocenters. The van der Waals surface area contributed by atoms with Gasteiger partial charge in [0.05, 0.1) is 23.6 Å². The van der Waals surface area contributed by atoms with Crippen LogP contribution >= 0.6 is 0 Å². The molecule has 8 nitrogen and oxygen atoms in total. The summed E-state index contributed by atoms with van der Waals surface area (Å²) >= 11 is 0. The first-order chi connectivity index (χ1) is 15.4. The molecule has 4 heterocycles. The number of carboxylic acid groups (broad SMARTS) is 1. The fourth-order valence-electron chi connectivity index (χ4n) is 4.05. The average Bonchev–Trinajstić information content (AvgIpc) is 3.21. The third-order valence-corrected chi connectivity index (χ3v) is 5.41. The van der Waals surface area contributed by atoms with E-state index in [4.69, 9.17) is 25.1 Å². The Kier molecular flexibility index (Phi) is 6.32. The van der Waals surface area contributed by atoms with E-state index in [0.29, 0.717) is 6.54 Å². The Hall–Kier alpha value is -3.52. The second-order valence-corrected chi connectivity index (χ2v) is 8.05. The van der Waals surface area contributed by atoms with E-state index in [2.05, 4.69) is 60.2 Å². The highest BCUT2D eigenvalue weighted by Gasteiger charge is 2.17. The van der Waals surface area contributed by atoms with Gasteiger partial charge in [-0.25, -0.2) is 9.67 Å². The topological polar surface area (TPSA) is 97.9 Å². The summed E-state index contributed by atoms with van der Waals surface area (Å²) in [6.07, 6.45) is 1.10. The first-order valence-corrected chi connectivity index (χ1v) is 10.8. The molecule has 32 heavy (non-hydrogen) atoms. The van der Waals surface area contributed by atoms with Crippen molar-refractivity contribution in [2.24, 2.45) is 0 Å². The lowest BCUT2D eigenvalue weighted by Crippen LogP contribution is -2.11. The lowest BCUT2D eigenvalue weighted by atomic mass is 10.1. The van der Waals surface area contributed by atoms with Gasteiger partial charge in [0.15, 0.2) is 5.65 Å². The number of nitrogens with one attached hydrogen (secondary N) is 1. The first kappa shape index (κ1) is 21.7. The van der Waals surface area contributed by atoms with E-state index >= 15 is 0 Å². The van der Waals surface area contributed by atoms with Crippen LogP contribution < -0.4 is 5.32 Å². The van der Waals surface area contributed by atoms with Gasteiger partial charge in [0.25, 0.3) is 5.97 Å². The molecular weight excluding hydrogens is 404 g/mol. The highest BCUT2D eigenvalue weighted by atomic mass is 16.4. The molecule has 0 saturated heterocycles. The summed E-state index contributed by atoms with van der Waals surface area (Å²) < 4.78 is 4.13. The number of carboxylic acids is 1. The molecule has 1 aliphatic rings. The van der Waals surface area contributed by atoms with Crippen LogP contribution in [0.2, 0.25) is 0 Å². The third kappa shape index (κ3) is 4.70. The minimum absolute atomic E-state index is 0.713. The minimum atomic E-state index is -0.833. The van der Waals surface area contributed by atoms with Crippen LogP contribution in [0.3, 0.4) is 0 Å². The normalized spacial score (nSPS) is 13.2. The standard InChI is InChI=1S/C22H24N6.C2H4O2/c1-15-11-19(20-12-18-13-23-9-6-10-27(18)26-20)24-22-21(15)16(2)25-28(22)14-17-7-4-3-5-8-17;1-2(3)4/h3-5,7-8,11-12,23H,6,9-10,13-14H2,1-2H3;1H3,(H,3,4). The maximum atomic E-state index is 9.00. The number of aryl methyl sites for hydroxylation is 3. The number of fused-ring (bicyclic) bond motifs is 2. The number of pyridine rings is 1. The Morgan fingerprint density at radius 3 is 2.62 bits per heavy atom. The lowest BCUT2D eigenvalue weighted by molar-refractivity contribution is -0.134. The summed E-state index contributed by atoms with van der Waals surface area (Å²) in [7, 11) is 0. The van der Waals surface area contributed by atoms with Crippen molar-refractivity contribution in [1.29, 1.82) is 0 Å². The molecular formula is C24H28N6O2. The second-order valence-electron chi connectivity index (χ2n) is 8.05. The van der Waals surface area contributed by atoms with Gasteiger partial charge >= 0.3 is 0 Å². The first-order valence-electron chi connectivity index (χ1n) is 10.8. The monoisotopic (exact) mass is 432 g/mol. The van der Waals surface area contributed by atoms with Crippen molar-refractivity contribution in [3.63, 3.8) is 0 Å². The van der Waals surface area contributed by atoms with Crippen molar-refractivity contribution in [2.75, 3.05) is 6.54 Å². The number of nitrogens with zero attached hydrogens (tertiary/aromatic N) is 5. The largest absolute Gasteiger partial charge is 0.481 e. The highest BCUT2D eigenvalue weighted by Crippen LogP contribution is 2.27. The van der Waals surface area contributed by atoms with Crippen molar-refractivity contribution < 1.29 is 9.90 Å². The Labute approximate surface area is 186 Å². The summed E-state index contributed by atoms with van der Waals surface area (Å²) in [5.41, 5.74) is 7.44. The van der Waals surface area contributed by atoms with Crippen LogP contribution in [0.1, 0.15) is 35.9 Å². The summed E-state index contributed by atoms with van der Waals surface area (Å²) in [6.45, 7) is 8.85. The Balaban J connectivity index is 0.000000567. The van der Waals surface area contributed by atoms with Gasteiger partial charge in [-0.15, -0.1) is 0 Å². The molecule has 0 aliphatic carbocycles. The number of aliphatic carboxylic acids is 1. The molecule has 1 aromatic carbocycles. The van der Waals surface area contributed by atoms with Gasteiger partial charge in [0.1, 0.15) is 5.69 Å². The molecule has 0 bridgehead atoms. The molecule has 0 fully saturated rings. The van der Waals surface area contributed by atoms with Crippen LogP contribution in [0, 0.1) is 13.8 Å². The van der Waals surface area contributed by atoms with Crippen molar-refractivity contribution in [3.05, 3.63) is 65.0 Å². The van der Waals surface area contributed by atoms with Crippen LogP contribution in [0.25, 0.3) is 22.4 Å². The molecule has 0 radical (unpaired) electrons. The average molecular weight is 433 g/mol. The van der Waals surface area contributed by atoms with Gasteiger partial charge in [-0.1, -0.05) is 30.3 Å². The van der Waals surface area contributed by atoms with Crippen LogP contribution in [0.4, 0.5) is 0 Å². The van der Waals surface area contributed by atoms with Gasteiger partial charge in [-0.2, -0.15) is 10.2 Å². The summed E-state index contributed by atoms with van der Waals surface area (Å²) in [6, 6.07) is 14.7. The molecule has 166 valence electrons. The zero-order valence-electron chi connectivity index (χ0n) is 18.7. The smallest absolute Gasteiger partial charge is 0.300 e. The highest BCUT2D eigenvalue weighted by molar-refractivity contribution is 5.84.